The van der Waals surface area contributed by atoms with Crippen molar-refractivity contribution < 1.29 is 5.11 Å². The van der Waals surface area contributed by atoms with Crippen LogP contribution in [0.25, 0.3) is 0 Å². The zero-order chi connectivity index (χ0) is 13.3. The number of rotatable bonds is 3. The summed E-state index contributed by atoms with van der Waals surface area (Å²) in [5, 5.41) is 10.4. The first-order chi connectivity index (χ1) is 8.49. The smallest absolute Gasteiger partial charge is 0.0922 e. The van der Waals surface area contributed by atoms with Gasteiger partial charge in [0.1, 0.15) is 0 Å². The van der Waals surface area contributed by atoms with E-state index in [4.69, 9.17) is 0 Å². The number of thiophene rings is 1. The van der Waals surface area contributed by atoms with Gasteiger partial charge in [-0.25, -0.2) is 0 Å². The molecular formula is C16H20OS. The highest BCUT2D eigenvalue weighted by Gasteiger charge is 2.14. The van der Waals surface area contributed by atoms with E-state index in [1.165, 1.54) is 27.1 Å². The van der Waals surface area contributed by atoms with Gasteiger partial charge >= 0.3 is 0 Å². The lowest BCUT2D eigenvalue weighted by Gasteiger charge is -2.13. The average Bonchev–Trinajstić information content (AvgIpc) is 2.64. The van der Waals surface area contributed by atoms with Crippen LogP contribution in [0.5, 0.6) is 0 Å². The molecule has 1 unspecified atom stereocenters. The van der Waals surface area contributed by atoms with Crippen LogP contribution in [-0.4, -0.2) is 5.11 Å². The summed E-state index contributed by atoms with van der Waals surface area (Å²) in [6, 6.07) is 8.40. The first-order valence-electron chi connectivity index (χ1n) is 6.29. The third-order valence-electron chi connectivity index (χ3n) is 3.56. The van der Waals surface area contributed by atoms with E-state index in [1.54, 1.807) is 11.3 Å². The van der Waals surface area contributed by atoms with Crippen LogP contribution in [0.1, 0.15) is 38.1 Å². The van der Waals surface area contributed by atoms with Crippen LogP contribution < -0.4 is 0 Å². The molecule has 0 amide bonds. The van der Waals surface area contributed by atoms with Crippen molar-refractivity contribution in [3.8, 4) is 0 Å². The van der Waals surface area contributed by atoms with Gasteiger partial charge in [-0.05, 0) is 56.0 Å². The first kappa shape index (κ1) is 13.3. The zero-order valence-electron chi connectivity index (χ0n) is 11.4. The van der Waals surface area contributed by atoms with Gasteiger partial charge in [-0.15, -0.1) is 11.3 Å². The number of aryl methyl sites for hydroxylation is 4. The molecule has 1 heterocycles. The van der Waals surface area contributed by atoms with E-state index in [2.05, 4.69) is 52.0 Å². The molecule has 1 N–H and O–H groups in total. The van der Waals surface area contributed by atoms with Crippen LogP contribution in [0.15, 0.2) is 24.3 Å². The van der Waals surface area contributed by atoms with Crippen LogP contribution in [-0.2, 0) is 6.42 Å². The van der Waals surface area contributed by atoms with Gasteiger partial charge in [0.2, 0.25) is 0 Å². The van der Waals surface area contributed by atoms with Gasteiger partial charge < -0.3 is 5.11 Å². The Kier molecular flexibility index (Phi) is 3.88. The monoisotopic (exact) mass is 260 g/mol. The lowest BCUT2D eigenvalue weighted by atomic mass is 9.97. The summed E-state index contributed by atoms with van der Waals surface area (Å²) in [5.41, 5.74) is 5.07. The number of hydrogen-bond acceptors (Lipinski definition) is 2. The van der Waals surface area contributed by atoms with Crippen LogP contribution >= 0.6 is 11.3 Å². The highest BCUT2D eigenvalue weighted by Crippen LogP contribution is 2.30. The van der Waals surface area contributed by atoms with E-state index >= 15 is 0 Å². The summed E-state index contributed by atoms with van der Waals surface area (Å²) in [5.74, 6) is 0. The summed E-state index contributed by atoms with van der Waals surface area (Å²) < 4.78 is 0. The van der Waals surface area contributed by atoms with Crippen LogP contribution in [0.4, 0.5) is 0 Å². The molecule has 1 nitrogen and oxygen atoms in total. The number of aliphatic hydroxyl groups is 1. The second-order valence-corrected chi connectivity index (χ2v) is 6.27. The minimum absolute atomic E-state index is 0.387. The molecule has 2 rings (SSSR count). The Hall–Kier alpha value is -1.12. The molecule has 0 aliphatic rings. The SMILES string of the molecule is Cc1cc(C(O)Cc2c(C)cccc2C)sc1C. The predicted octanol–water partition coefficient (Wildman–Crippen LogP) is 4.26. The molecule has 2 aromatic rings. The fraction of sp³-hybridized carbons (Fsp3) is 0.375. The van der Waals surface area contributed by atoms with Crippen molar-refractivity contribution in [2.75, 3.05) is 0 Å². The van der Waals surface area contributed by atoms with Crippen molar-refractivity contribution in [1.82, 2.24) is 0 Å². The molecule has 0 saturated heterocycles. The fourth-order valence-corrected chi connectivity index (χ4v) is 3.26. The van der Waals surface area contributed by atoms with Crippen molar-refractivity contribution in [2.24, 2.45) is 0 Å². The zero-order valence-corrected chi connectivity index (χ0v) is 12.3. The standard InChI is InChI=1S/C16H20OS/c1-10-6-5-7-11(2)14(10)9-15(17)16-8-12(3)13(4)18-16/h5-8,15,17H,9H2,1-4H3. The summed E-state index contributed by atoms with van der Waals surface area (Å²) in [6.45, 7) is 8.43. The second-order valence-electron chi connectivity index (χ2n) is 4.98. The molecule has 0 bridgehead atoms. The molecule has 1 aromatic carbocycles. The maximum Gasteiger partial charge on any atom is 0.0922 e. The van der Waals surface area contributed by atoms with Gasteiger partial charge in [0, 0.05) is 16.2 Å². The predicted molar refractivity (Wildman–Crippen MR) is 78.4 cm³/mol. The minimum Gasteiger partial charge on any atom is -0.387 e. The lowest BCUT2D eigenvalue weighted by Crippen LogP contribution is -2.03. The van der Waals surface area contributed by atoms with Gasteiger partial charge in [0.25, 0.3) is 0 Å². The molecule has 0 radical (unpaired) electrons. The molecule has 0 aliphatic carbocycles. The Labute approximate surface area is 113 Å². The van der Waals surface area contributed by atoms with E-state index in [-0.39, 0.29) is 6.10 Å². The largest absolute Gasteiger partial charge is 0.387 e. The van der Waals surface area contributed by atoms with Gasteiger partial charge in [0.05, 0.1) is 6.10 Å². The second kappa shape index (κ2) is 5.25. The maximum atomic E-state index is 10.4. The van der Waals surface area contributed by atoms with E-state index in [0.717, 1.165) is 4.88 Å². The Bertz CT molecular complexity index is 514. The average molecular weight is 260 g/mol. The fourth-order valence-electron chi connectivity index (χ4n) is 2.23. The van der Waals surface area contributed by atoms with Gasteiger partial charge in [-0.3, -0.25) is 0 Å². The van der Waals surface area contributed by atoms with E-state index < -0.39 is 0 Å². The molecule has 0 saturated carbocycles. The molecule has 0 fully saturated rings. The van der Waals surface area contributed by atoms with Crippen molar-refractivity contribution in [1.29, 1.82) is 0 Å². The van der Waals surface area contributed by atoms with Gasteiger partial charge in [0.15, 0.2) is 0 Å². The highest BCUT2D eigenvalue weighted by molar-refractivity contribution is 7.12. The Morgan fingerprint density at radius 3 is 2.17 bits per heavy atom. The lowest BCUT2D eigenvalue weighted by molar-refractivity contribution is 0.182. The van der Waals surface area contributed by atoms with Crippen LogP contribution in [0.3, 0.4) is 0 Å². The molecule has 18 heavy (non-hydrogen) atoms. The van der Waals surface area contributed by atoms with E-state index in [9.17, 15) is 5.11 Å². The normalized spacial score (nSPS) is 12.7. The van der Waals surface area contributed by atoms with Gasteiger partial charge in [-0.2, -0.15) is 0 Å². The molecule has 2 heteroatoms. The van der Waals surface area contributed by atoms with Crippen molar-refractivity contribution >= 4 is 11.3 Å². The van der Waals surface area contributed by atoms with Crippen LogP contribution in [0.2, 0.25) is 0 Å². The molecule has 0 aliphatic heterocycles. The third kappa shape index (κ3) is 2.65. The molecule has 1 aromatic heterocycles. The van der Waals surface area contributed by atoms with Gasteiger partial charge in [-0.1, -0.05) is 18.2 Å². The Morgan fingerprint density at radius 1 is 1.06 bits per heavy atom. The minimum atomic E-state index is -0.387. The molecular weight excluding hydrogens is 240 g/mol. The molecule has 1 atom stereocenters. The number of benzene rings is 1. The summed E-state index contributed by atoms with van der Waals surface area (Å²) in [4.78, 5) is 2.37. The van der Waals surface area contributed by atoms with Crippen molar-refractivity contribution in [3.63, 3.8) is 0 Å². The Balaban J connectivity index is 2.23. The van der Waals surface area contributed by atoms with E-state index in [0.29, 0.717) is 6.42 Å². The topological polar surface area (TPSA) is 20.2 Å². The quantitative estimate of drug-likeness (QED) is 0.874. The summed E-state index contributed by atoms with van der Waals surface area (Å²) >= 11 is 1.70. The number of hydrogen-bond donors (Lipinski definition) is 1. The molecule has 96 valence electrons. The van der Waals surface area contributed by atoms with Crippen molar-refractivity contribution in [3.05, 3.63) is 56.3 Å². The third-order valence-corrected chi connectivity index (χ3v) is 4.81. The first-order valence-corrected chi connectivity index (χ1v) is 7.10. The Morgan fingerprint density at radius 2 is 1.67 bits per heavy atom. The van der Waals surface area contributed by atoms with Crippen LogP contribution in [0, 0.1) is 27.7 Å². The maximum absolute atomic E-state index is 10.4. The number of aliphatic hydroxyl groups excluding tert-OH is 1. The van der Waals surface area contributed by atoms with E-state index in [1.807, 2.05) is 0 Å². The summed E-state index contributed by atoms with van der Waals surface area (Å²) in [7, 11) is 0. The summed E-state index contributed by atoms with van der Waals surface area (Å²) in [6.07, 6.45) is 0.319. The highest BCUT2D eigenvalue weighted by atomic mass is 32.1. The van der Waals surface area contributed by atoms with Crippen molar-refractivity contribution in [2.45, 2.75) is 40.2 Å². The molecule has 0 spiro atoms.